The van der Waals surface area contributed by atoms with E-state index in [1.54, 1.807) is 4.90 Å². The maximum absolute atomic E-state index is 11.4. The topological polar surface area (TPSA) is 57.6 Å². The van der Waals surface area contributed by atoms with Crippen molar-refractivity contribution in [1.29, 1.82) is 0 Å². The van der Waals surface area contributed by atoms with Crippen LogP contribution in [0.5, 0.6) is 0 Å². The first-order chi connectivity index (χ1) is 7.61. The molecule has 0 aliphatic carbocycles. The van der Waals surface area contributed by atoms with Gasteiger partial charge in [0.05, 0.1) is 0 Å². The van der Waals surface area contributed by atoms with Crippen molar-refractivity contribution < 1.29 is 14.7 Å². The Labute approximate surface area is 94.5 Å². The lowest BCUT2D eigenvalue weighted by Gasteiger charge is -2.20. The van der Waals surface area contributed by atoms with E-state index in [2.05, 4.69) is 0 Å². The van der Waals surface area contributed by atoms with E-state index in [1.165, 1.54) is 6.92 Å². The number of para-hydroxylation sites is 1. The second-order valence-electron chi connectivity index (χ2n) is 3.50. The molecule has 0 aliphatic rings. The number of aliphatic carboxylic acids is 1. The highest BCUT2D eigenvalue weighted by Crippen LogP contribution is 2.14. The number of rotatable bonds is 5. The van der Waals surface area contributed by atoms with Gasteiger partial charge in [-0.2, -0.15) is 0 Å². The molecule has 0 unspecified atom stereocenters. The van der Waals surface area contributed by atoms with Crippen LogP contribution in [0.4, 0.5) is 5.69 Å². The van der Waals surface area contributed by atoms with Crippen molar-refractivity contribution in [3.05, 3.63) is 30.3 Å². The zero-order valence-corrected chi connectivity index (χ0v) is 9.22. The van der Waals surface area contributed by atoms with Crippen LogP contribution in [0.3, 0.4) is 0 Å². The van der Waals surface area contributed by atoms with Crippen molar-refractivity contribution in [2.45, 2.75) is 19.8 Å². The number of amides is 1. The van der Waals surface area contributed by atoms with Crippen LogP contribution in [0.1, 0.15) is 19.8 Å². The van der Waals surface area contributed by atoms with Gasteiger partial charge in [0.25, 0.3) is 0 Å². The summed E-state index contributed by atoms with van der Waals surface area (Å²) in [6.45, 7) is 1.92. The molecular weight excluding hydrogens is 206 g/mol. The Balaban J connectivity index is 2.62. The third kappa shape index (κ3) is 3.73. The maximum atomic E-state index is 11.4. The van der Waals surface area contributed by atoms with Crippen LogP contribution in [-0.4, -0.2) is 23.5 Å². The third-order valence-electron chi connectivity index (χ3n) is 2.22. The number of anilines is 1. The second-order valence-corrected chi connectivity index (χ2v) is 3.50. The van der Waals surface area contributed by atoms with Crippen LogP contribution < -0.4 is 4.90 Å². The lowest BCUT2D eigenvalue weighted by atomic mass is 10.2. The molecule has 1 amide bonds. The maximum Gasteiger partial charge on any atom is 0.303 e. The molecule has 0 spiro atoms. The number of carbonyl (C=O) groups is 2. The Kier molecular flexibility index (Phi) is 4.51. The first kappa shape index (κ1) is 12.2. The van der Waals surface area contributed by atoms with E-state index in [-0.39, 0.29) is 12.3 Å². The molecule has 1 N–H and O–H groups in total. The molecule has 0 saturated carbocycles. The van der Waals surface area contributed by atoms with Crippen LogP contribution in [0.2, 0.25) is 0 Å². The van der Waals surface area contributed by atoms with E-state index in [9.17, 15) is 9.59 Å². The number of carbonyl (C=O) groups excluding carboxylic acids is 1. The molecule has 0 atom stereocenters. The molecule has 1 rings (SSSR count). The number of hydrogen-bond donors (Lipinski definition) is 1. The monoisotopic (exact) mass is 221 g/mol. The lowest BCUT2D eigenvalue weighted by molar-refractivity contribution is -0.137. The van der Waals surface area contributed by atoms with Gasteiger partial charge in [0, 0.05) is 25.6 Å². The number of carboxylic acid groups (broad SMARTS) is 1. The summed E-state index contributed by atoms with van der Waals surface area (Å²) in [4.78, 5) is 23.4. The van der Waals surface area contributed by atoms with Gasteiger partial charge in [-0.1, -0.05) is 18.2 Å². The minimum Gasteiger partial charge on any atom is -0.481 e. The number of carboxylic acids is 1. The van der Waals surface area contributed by atoms with Crippen molar-refractivity contribution in [2.24, 2.45) is 0 Å². The van der Waals surface area contributed by atoms with E-state index in [4.69, 9.17) is 5.11 Å². The fourth-order valence-electron chi connectivity index (χ4n) is 1.46. The van der Waals surface area contributed by atoms with Gasteiger partial charge in [0.1, 0.15) is 0 Å². The highest BCUT2D eigenvalue weighted by Gasteiger charge is 2.10. The minimum absolute atomic E-state index is 0.0726. The molecule has 0 aliphatic heterocycles. The van der Waals surface area contributed by atoms with Crippen molar-refractivity contribution in [3.63, 3.8) is 0 Å². The van der Waals surface area contributed by atoms with Crippen LogP contribution >= 0.6 is 0 Å². The summed E-state index contributed by atoms with van der Waals surface area (Å²) >= 11 is 0. The van der Waals surface area contributed by atoms with Gasteiger partial charge in [-0.05, 0) is 18.6 Å². The van der Waals surface area contributed by atoms with Crippen LogP contribution in [0, 0.1) is 0 Å². The molecule has 0 fully saturated rings. The van der Waals surface area contributed by atoms with Gasteiger partial charge in [0.2, 0.25) is 5.91 Å². The zero-order chi connectivity index (χ0) is 12.0. The van der Waals surface area contributed by atoms with Crippen LogP contribution in [-0.2, 0) is 9.59 Å². The first-order valence-electron chi connectivity index (χ1n) is 5.16. The van der Waals surface area contributed by atoms with E-state index in [1.807, 2.05) is 30.3 Å². The molecule has 16 heavy (non-hydrogen) atoms. The molecule has 4 nitrogen and oxygen atoms in total. The highest BCUT2D eigenvalue weighted by atomic mass is 16.4. The van der Waals surface area contributed by atoms with Crippen molar-refractivity contribution in [3.8, 4) is 0 Å². The predicted molar refractivity (Wildman–Crippen MR) is 61.3 cm³/mol. The van der Waals surface area contributed by atoms with E-state index in [0.717, 1.165) is 5.69 Å². The summed E-state index contributed by atoms with van der Waals surface area (Å²) < 4.78 is 0. The Hall–Kier alpha value is -1.84. The summed E-state index contributed by atoms with van der Waals surface area (Å²) in [6.07, 6.45) is 0.542. The number of benzene rings is 1. The van der Waals surface area contributed by atoms with Gasteiger partial charge in [-0.25, -0.2) is 0 Å². The predicted octanol–water partition coefficient (Wildman–Crippen LogP) is 1.90. The first-order valence-corrected chi connectivity index (χ1v) is 5.16. The van der Waals surface area contributed by atoms with Gasteiger partial charge in [-0.15, -0.1) is 0 Å². The SMILES string of the molecule is CC(=O)N(CCCC(=O)O)c1ccccc1. The molecule has 0 radical (unpaired) electrons. The number of nitrogens with zero attached hydrogens (tertiary/aromatic N) is 1. The minimum atomic E-state index is -0.837. The summed E-state index contributed by atoms with van der Waals surface area (Å²) in [7, 11) is 0. The van der Waals surface area contributed by atoms with Crippen LogP contribution in [0.25, 0.3) is 0 Å². The Bertz CT molecular complexity index is 362. The third-order valence-corrected chi connectivity index (χ3v) is 2.22. The molecule has 1 aromatic carbocycles. The van der Waals surface area contributed by atoms with Crippen LogP contribution in [0.15, 0.2) is 30.3 Å². The summed E-state index contributed by atoms with van der Waals surface area (Å²) in [5.74, 6) is -0.909. The number of hydrogen-bond acceptors (Lipinski definition) is 2. The standard InChI is InChI=1S/C12H15NO3/c1-10(14)13(9-5-8-12(15)16)11-6-3-2-4-7-11/h2-4,6-7H,5,8-9H2,1H3,(H,15,16). The van der Waals surface area contributed by atoms with E-state index in [0.29, 0.717) is 13.0 Å². The molecule has 1 aromatic rings. The highest BCUT2D eigenvalue weighted by molar-refractivity contribution is 5.91. The summed E-state index contributed by atoms with van der Waals surface area (Å²) in [5, 5.41) is 8.53. The molecular formula is C12H15NO3. The van der Waals surface area contributed by atoms with Crippen molar-refractivity contribution in [2.75, 3.05) is 11.4 Å². The van der Waals surface area contributed by atoms with E-state index < -0.39 is 5.97 Å². The van der Waals surface area contributed by atoms with Gasteiger partial charge < -0.3 is 10.0 Å². The smallest absolute Gasteiger partial charge is 0.303 e. The van der Waals surface area contributed by atoms with Gasteiger partial charge in [0.15, 0.2) is 0 Å². The molecule has 0 heterocycles. The Morgan fingerprint density at radius 3 is 2.38 bits per heavy atom. The zero-order valence-electron chi connectivity index (χ0n) is 9.22. The second kappa shape index (κ2) is 5.90. The average molecular weight is 221 g/mol. The lowest BCUT2D eigenvalue weighted by Crippen LogP contribution is -2.29. The van der Waals surface area contributed by atoms with E-state index >= 15 is 0 Å². The van der Waals surface area contributed by atoms with Gasteiger partial charge in [-0.3, -0.25) is 9.59 Å². The van der Waals surface area contributed by atoms with Crippen molar-refractivity contribution in [1.82, 2.24) is 0 Å². The molecule has 0 bridgehead atoms. The largest absolute Gasteiger partial charge is 0.481 e. The quantitative estimate of drug-likeness (QED) is 0.826. The average Bonchev–Trinajstić information content (AvgIpc) is 2.25. The molecule has 0 aromatic heterocycles. The fraction of sp³-hybridized carbons (Fsp3) is 0.333. The molecule has 0 saturated heterocycles. The van der Waals surface area contributed by atoms with Crippen molar-refractivity contribution >= 4 is 17.6 Å². The van der Waals surface area contributed by atoms with Gasteiger partial charge >= 0.3 is 5.97 Å². The molecule has 4 heteroatoms. The summed E-state index contributed by atoms with van der Waals surface area (Å²) in [6, 6.07) is 9.24. The molecule has 86 valence electrons. The Morgan fingerprint density at radius 1 is 1.25 bits per heavy atom. The summed E-state index contributed by atoms with van der Waals surface area (Å²) in [5.41, 5.74) is 0.806. The Morgan fingerprint density at radius 2 is 1.88 bits per heavy atom. The fourth-order valence-corrected chi connectivity index (χ4v) is 1.46. The normalized spacial score (nSPS) is 9.81.